The van der Waals surface area contributed by atoms with Crippen LogP contribution in [0.4, 0.5) is 13.2 Å². The Bertz CT molecular complexity index is 990. The monoisotopic (exact) mass is 602 g/mol. The fraction of sp³-hybridized carbons (Fsp3) is 0.719. The van der Waals surface area contributed by atoms with Gasteiger partial charge in [0.1, 0.15) is 5.78 Å². The Morgan fingerprint density at radius 2 is 1.46 bits per heavy atom. The lowest BCUT2D eigenvalue weighted by molar-refractivity contribution is -0.166. The molecule has 0 saturated carbocycles. The van der Waals surface area contributed by atoms with Crippen molar-refractivity contribution >= 4 is 25.9 Å². The van der Waals surface area contributed by atoms with E-state index in [2.05, 4.69) is 47.0 Å². The van der Waals surface area contributed by atoms with Crippen LogP contribution < -0.4 is 0 Å². The number of halogens is 3. The van der Waals surface area contributed by atoms with Crippen LogP contribution in [-0.4, -0.2) is 43.7 Å². The minimum Gasteiger partial charge on any atom is -0.451 e. The number of ketones is 2. The predicted molar refractivity (Wildman–Crippen MR) is 162 cm³/mol. The molecule has 0 aliphatic carbocycles. The molecule has 5 nitrogen and oxygen atoms in total. The zero-order valence-electron chi connectivity index (χ0n) is 27.3. The average molecular weight is 603 g/mol. The Balaban J connectivity index is 5.91. The second-order valence-electron chi connectivity index (χ2n) is 13.6. The van der Waals surface area contributed by atoms with Gasteiger partial charge in [-0.15, -0.1) is 13.2 Å². The summed E-state index contributed by atoms with van der Waals surface area (Å²) in [6.45, 7) is 29.5. The number of hydrogen-bond acceptors (Lipinski definition) is 5. The molecule has 0 spiro atoms. The molecule has 9 heteroatoms. The Morgan fingerprint density at radius 3 is 1.85 bits per heavy atom. The standard InChI is InChI=1S/C32H53F3O5Si/c1-15-17-25(32(33,34)35)18-19-31(12,24(6)36)39-26(37)20-22(4)30(10,11)28(38)23(5)27(21(3)16-2)40-41(13,14)29(7,8)9/h15-16,18,21-23,27H,1-2,17,19-20H2,3-14H3/b25-18+/t21-,22-,23+,27-,31-/m0/s1. The number of carbonyl (C=O) groups excluding carboxylic acids is 3. The second kappa shape index (κ2) is 14.4. The summed E-state index contributed by atoms with van der Waals surface area (Å²) in [5, 5.41) is -0.0629. The number of Topliss-reactive ketones (excluding diaryl/α,β-unsaturated/α-hetero) is 2. The fourth-order valence-electron chi connectivity index (χ4n) is 4.14. The lowest BCUT2D eigenvalue weighted by Crippen LogP contribution is -2.50. The minimum absolute atomic E-state index is 0.0629. The van der Waals surface area contributed by atoms with Crippen LogP contribution in [0.3, 0.4) is 0 Å². The molecule has 41 heavy (non-hydrogen) atoms. The molecule has 0 saturated heterocycles. The molecule has 0 heterocycles. The summed E-state index contributed by atoms with van der Waals surface area (Å²) in [5.41, 5.74) is -3.61. The Labute approximate surface area is 247 Å². The van der Waals surface area contributed by atoms with Gasteiger partial charge in [0.25, 0.3) is 0 Å². The highest BCUT2D eigenvalue weighted by Gasteiger charge is 2.46. The van der Waals surface area contributed by atoms with Crippen LogP contribution in [0.15, 0.2) is 37.0 Å². The van der Waals surface area contributed by atoms with Crippen LogP contribution in [0.25, 0.3) is 0 Å². The number of rotatable bonds is 16. The lowest BCUT2D eigenvalue weighted by Gasteiger charge is -2.43. The zero-order valence-corrected chi connectivity index (χ0v) is 28.3. The maximum Gasteiger partial charge on any atom is 0.412 e. The van der Waals surface area contributed by atoms with Crippen LogP contribution in [-0.2, 0) is 23.5 Å². The highest BCUT2D eigenvalue weighted by molar-refractivity contribution is 6.74. The number of ether oxygens (including phenoxy) is 1. The van der Waals surface area contributed by atoms with Gasteiger partial charge in [0.2, 0.25) is 0 Å². The van der Waals surface area contributed by atoms with E-state index < -0.39 is 73.6 Å². The van der Waals surface area contributed by atoms with Gasteiger partial charge in [-0.1, -0.05) is 73.6 Å². The average Bonchev–Trinajstić information content (AvgIpc) is 2.81. The van der Waals surface area contributed by atoms with Gasteiger partial charge in [0.05, 0.1) is 6.10 Å². The summed E-state index contributed by atoms with van der Waals surface area (Å²) in [4.78, 5) is 39.2. The molecule has 0 bridgehead atoms. The summed E-state index contributed by atoms with van der Waals surface area (Å²) >= 11 is 0. The van der Waals surface area contributed by atoms with E-state index in [0.717, 1.165) is 12.2 Å². The first-order valence-electron chi connectivity index (χ1n) is 14.2. The molecule has 236 valence electrons. The number of allylic oxidation sites excluding steroid dienone is 2. The maximum atomic E-state index is 13.9. The molecule has 0 aliphatic heterocycles. The van der Waals surface area contributed by atoms with Gasteiger partial charge < -0.3 is 9.16 Å². The molecular formula is C32H53F3O5Si. The third-order valence-electron chi connectivity index (χ3n) is 8.92. The molecule has 0 radical (unpaired) electrons. The van der Waals surface area contributed by atoms with Crippen LogP contribution >= 0.6 is 0 Å². The third-order valence-corrected chi connectivity index (χ3v) is 13.4. The molecular weight excluding hydrogens is 549 g/mol. The van der Waals surface area contributed by atoms with Crippen molar-refractivity contribution in [2.45, 2.75) is 125 Å². The van der Waals surface area contributed by atoms with Gasteiger partial charge in [0.15, 0.2) is 19.7 Å². The maximum absolute atomic E-state index is 13.9. The van der Waals surface area contributed by atoms with Crippen LogP contribution in [0, 0.1) is 23.2 Å². The second-order valence-corrected chi connectivity index (χ2v) is 18.4. The van der Waals surface area contributed by atoms with E-state index in [-0.39, 0.29) is 23.2 Å². The summed E-state index contributed by atoms with van der Waals surface area (Å²) in [5.74, 6) is -2.50. The first-order valence-corrected chi connectivity index (χ1v) is 17.1. The van der Waals surface area contributed by atoms with Crippen molar-refractivity contribution in [3.63, 3.8) is 0 Å². The molecule has 0 rings (SSSR count). The summed E-state index contributed by atoms with van der Waals surface area (Å²) in [7, 11) is -2.23. The highest BCUT2D eigenvalue weighted by Crippen LogP contribution is 2.41. The topological polar surface area (TPSA) is 69.7 Å². The number of esters is 1. The van der Waals surface area contributed by atoms with Crippen molar-refractivity contribution in [3.8, 4) is 0 Å². The zero-order chi connectivity index (χ0) is 32.8. The van der Waals surface area contributed by atoms with Crippen molar-refractivity contribution < 1.29 is 36.7 Å². The van der Waals surface area contributed by atoms with Crippen LogP contribution in [0.2, 0.25) is 18.1 Å². The first-order chi connectivity index (χ1) is 18.3. The van der Waals surface area contributed by atoms with Crippen molar-refractivity contribution in [1.29, 1.82) is 0 Å². The Hall–Kier alpha value is -2.00. The smallest absolute Gasteiger partial charge is 0.412 e. The highest BCUT2D eigenvalue weighted by atomic mass is 28.4. The van der Waals surface area contributed by atoms with Gasteiger partial charge in [-0.2, -0.15) is 13.2 Å². The normalized spacial score (nSPS) is 18.0. The van der Waals surface area contributed by atoms with Crippen LogP contribution in [0.5, 0.6) is 0 Å². The van der Waals surface area contributed by atoms with Gasteiger partial charge in [-0.25, -0.2) is 0 Å². The SMILES string of the molecule is C=CC/C(=C\C[C@](C)(OC(=O)C[C@H](C)C(C)(C)C(=O)[C@H](C)[C@@H](O[Si](C)(C)C(C)(C)C)[C@@H](C)C=C)C(C)=O)C(F)(F)F. The van der Waals surface area contributed by atoms with Crippen molar-refractivity contribution in [2.24, 2.45) is 23.2 Å². The van der Waals surface area contributed by atoms with E-state index in [1.54, 1.807) is 26.8 Å². The van der Waals surface area contributed by atoms with Gasteiger partial charge in [0, 0.05) is 29.7 Å². The molecule has 0 aromatic heterocycles. The van der Waals surface area contributed by atoms with E-state index in [0.29, 0.717) is 0 Å². The van der Waals surface area contributed by atoms with Gasteiger partial charge in [-0.05, 0) is 50.2 Å². The van der Waals surface area contributed by atoms with Crippen molar-refractivity contribution in [1.82, 2.24) is 0 Å². The molecule has 0 aliphatic rings. The molecule has 0 aromatic carbocycles. The molecule has 5 atom stereocenters. The predicted octanol–water partition coefficient (Wildman–Crippen LogP) is 8.80. The minimum atomic E-state index is -4.60. The number of alkyl halides is 3. The Morgan fingerprint density at radius 1 is 0.951 bits per heavy atom. The van der Waals surface area contributed by atoms with Gasteiger partial charge in [-0.3, -0.25) is 14.4 Å². The van der Waals surface area contributed by atoms with E-state index >= 15 is 0 Å². The summed E-state index contributed by atoms with van der Waals surface area (Å²) < 4.78 is 52.1. The number of hydrogen-bond donors (Lipinski definition) is 0. The molecule has 0 N–H and O–H groups in total. The summed E-state index contributed by atoms with van der Waals surface area (Å²) in [6, 6.07) is 0. The van der Waals surface area contributed by atoms with Crippen molar-refractivity contribution in [3.05, 3.63) is 37.0 Å². The third kappa shape index (κ3) is 10.6. The molecule has 0 aromatic rings. The van der Waals surface area contributed by atoms with E-state index in [1.165, 1.54) is 13.8 Å². The molecule has 0 amide bonds. The van der Waals surface area contributed by atoms with Gasteiger partial charge >= 0.3 is 12.1 Å². The Kier molecular flexibility index (Phi) is 13.7. The molecule has 0 fully saturated rings. The number of carbonyl (C=O) groups is 3. The van der Waals surface area contributed by atoms with E-state index in [9.17, 15) is 27.6 Å². The summed E-state index contributed by atoms with van der Waals surface area (Å²) in [6.07, 6.45) is -2.27. The van der Waals surface area contributed by atoms with E-state index in [4.69, 9.17) is 9.16 Å². The fourth-order valence-corrected chi connectivity index (χ4v) is 5.59. The van der Waals surface area contributed by atoms with Crippen LogP contribution in [0.1, 0.15) is 88.5 Å². The lowest BCUT2D eigenvalue weighted by atomic mass is 9.69. The van der Waals surface area contributed by atoms with Crippen molar-refractivity contribution in [2.75, 3.05) is 0 Å². The first kappa shape index (κ1) is 39.0. The quantitative estimate of drug-likeness (QED) is 0.100. The van der Waals surface area contributed by atoms with E-state index in [1.807, 2.05) is 13.8 Å². The largest absolute Gasteiger partial charge is 0.451 e. The molecule has 0 unspecified atom stereocenters.